The van der Waals surface area contributed by atoms with Crippen LogP contribution in [-0.2, 0) is 0 Å². The summed E-state index contributed by atoms with van der Waals surface area (Å²) in [6.45, 7) is 3.87. The zero-order chi connectivity index (χ0) is 20.8. The number of fused-ring (bicyclic) bond motifs is 2. The molecule has 1 aliphatic heterocycles. The van der Waals surface area contributed by atoms with E-state index in [2.05, 4.69) is 56.0 Å². The minimum Gasteiger partial charge on any atom is -0.355 e. The fraction of sp³-hybridized carbons (Fsp3) is 0.250. The van der Waals surface area contributed by atoms with E-state index in [9.17, 15) is 0 Å². The molecule has 1 aromatic carbocycles. The van der Waals surface area contributed by atoms with E-state index in [1.807, 2.05) is 31.2 Å². The second-order valence-electron chi connectivity index (χ2n) is 8.06. The molecule has 0 N–H and O–H groups in total. The maximum absolute atomic E-state index is 4.89. The van der Waals surface area contributed by atoms with Crippen molar-refractivity contribution in [3.8, 4) is 10.4 Å². The van der Waals surface area contributed by atoms with E-state index in [4.69, 9.17) is 9.97 Å². The Morgan fingerprint density at radius 2 is 1.87 bits per heavy atom. The molecule has 1 fully saturated rings. The van der Waals surface area contributed by atoms with Crippen LogP contribution in [0.4, 0.5) is 5.82 Å². The summed E-state index contributed by atoms with van der Waals surface area (Å²) in [5, 5.41) is 10.0. The van der Waals surface area contributed by atoms with E-state index < -0.39 is 0 Å². The molecule has 5 aromatic rings. The molecular weight excluding hydrogens is 404 g/mol. The lowest BCUT2D eigenvalue weighted by Crippen LogP contribution is -2.35. The third-order valence-corrected chi connectivity index (χ3v) is 7.05. The quantitative estimate of drug-likeness (QED) is 0.402. The summed E-state index contributed by atoms with van der Waals surface area (Å²) in [5.41, 5.74) is 2.13. The van der Waals surface area contributed by atoms with Crippen LogP contribution in [-0.4, -0.2) is 37.7 Å². The van der Waals surface area contributed by atoms with Crippen LogP contribution in [0.25, 0.3) is 26.3 Å². The van der Waals surface area contributed by atoms with Crippen molar-refractivity contribution in [3.63, 3.8) is 0 Å². The minimum absolute atomic E-state index is 0.323. The van der Waals surface area contributed by atoms with Gasteiger partial charge in [-0.25, -0.2) is 9.97 Å². The first kappa shape index (κ1) is 18.4. The Bertz CT molecular complexity index is 1370. The van der Waals surface area contributed by atoms with Gasteiger partial charge in [0.25, 0.3) is 0 Å². The Morgan fingerprint density at radius 1 is 1.00 bits per heavy atom. The smallest absolute Gasteiger partial charge is 0.160 e. The van der Waals surface area contributed by atoms with Gasteiger partial charge < -0.3 is 4.90 Å². The molecule has 0 aliphatic carbocycles. The maximum Gasteiger partial charge on any atom is 0.160 e. The topological polar surface area (TPSA) is 59.2 Å². The number of nitrogens with zero attached hydrogens (tertiary/aromatic N) is 6. The van der Waals surface area contributed by atoms with E-state index >= 15 is 0 Å². The lowest BCUT2D eigenvalue weighted by atomic mass is 9.97. The highest BCUT2D eigenvalue weighted by Gasteiger charge is 2.27. The van der Waals surface area contributed by atoms with Crippen molar-refractivity contribution in [1.29, 1.82) is 0 Å². The van der Waals surface area contributed by atoms with Gasteiger partial charge in [-0.05, 0) is 43.5 Å². The number of hydrogen-bond donors (Lipinski definition) is 0. The molecule has 0 radical (unpaired) electrons. The Morgan fingerprint density at radius 3 is 2.77 bits per heavy atom. The van der Waals surface area contributed by atoms with E-state index in [1.54, 1.807) is 11.3 Å². The standard InChI is InChI=1S/C24H22N6S/c1-16-25-23(19-14-20(31-24(19)26-16)17-8-3-2-4-9-17)29-12-7-10-18(15-29)22-28-27-21-11-5-6-13-30(21)22/h2-6,8-9,11,13-14,18H,7,10,12,15H2,1H3/t18-/m1/s1. The second-order valence-corrected chi connectivity index (χ2v) is 9.09. The van der Waals surface area contributed by atoms with Crippen molar-refractivity contribution < 1.29 is 0 Å². The summed E-state index contributed by atoms with van der Waals surface area (Å²) in [7, 11) is 0. The largest absolute Gasteiger partial charge is 0.355 e. The maximum atomic E-state index is 4.89. The first-order valence-corrected chi connectivity index (χ1v) is 11.5. The summed E-state index contributed by atoms with van der Waals surface area (Å²) >= 11 is 1.74. The van der Waals surface area contributed by atoms with Gasteiger partial charge >= 0.3 is 0 Å². The molecule has 6 rings (SSSR count). The molecule has 6 nitrogen and oxygen atoms in total. The molecule has 0 spiro atoms. The fourth-order valence-corrected chi connectivity index (χ4v) is 5.59. The van der Waals surface area contributed by atoms with E-state index in [0.29, 0.717) is 5.92 Å². The van der Waals surface area contributed by atoms with Gasteiger partial charge in [0.15, 0.2) is 5.65 Å². The van der Waals surface area contributed by atoms with Crippen LogP contribution in [0.15, 0.2) is 60.8 Å². The number of benzene rings is 1. The molecule has 0 amide bonds. The highest BCUT2D eigenvalue weighted by molar-refractivity contribution is 7.21. The Labute approximate surface area is 184 Å². The second kappa shape index (κ2) is 7.42. The predicted molar refractivity (Wildman–Crippen MR) is 125 cm³/mol. The number of hydrogen-bond acceptors (Lipinski definition) is 6. The number of rotatable bonds is 3. The van der Waals surface area contributed by atoms with Crippen molar-refractivity contribution in [3.05, 3.63) is 72.4 Å². The molecule has 0 saturated carbocycles. The number of thiophene rings is 1. The van der Waals surface area contributed by atoms with Gasteiger partial charge in [-0.1, -0.05) is 36.4 Å². The molecule has 31 heavy (non-hydrogen) atoms. The number of piperidine rings is 1. The van der Waals surface area contributed by atoms with Crippen LogP contribution < -0.4 is 4.90 Å². The van der Waals surface area contributed by atoms with Gasteiger partial charge in [-0.2, -0.15) is 0 Å². The average Bonchev–Trinajstić information content (AvgIpc) is 3.44. The molecular formula is C24H22N6S. The molecule has 1 aliphatic rings. The molecule has 1 atom stereocenters. The zero-order valence-electron chi connectivity index (χ0n) is 17.3. The average molecular weight is 427 g/mol. The normalized spacial score (nSPS) is 16.9. The van der Waals surface area contributed by atoms with Crippen molar-refractivity contribution in [2.24, 2.45) is 0 Å². The summed E-state index contributed by atoms with van der Waals surface area (Å²) in [6, 6.07) is 18.8. The van der Waals surface area contributed by atoms with Crippen LogP contribution in [0.3, 0.4) is 0 Å². The van der Waals surface area contributed by atoms with E-state index in [1.165, 1.54) is 10.4 Å². The van der Waals surface area contributed by atoms with Gasteiger partial charge in [0.05, 0.1) is 5.39 Å². The van der Waals surface area contributed by atoms with Crippen LogP contribution in [0.2, 0.25) is 0 Å². The minimum atomic E-state index is 0.323. The molecule has 5 heterocycles. The highest BCUT2D eigenvalue weighted by Crippen LogP contribution is 2.38. The van der Waals surface area contributed by atoms with Gasteiger partial charge in [0.2, 0.25) is 0 Å². The van der Waals surface area contributed by atoms with E-state index in [-0.39, 0.29) is 0 Å². The molecule has 4 aromatic heterocycles. The fourth-order valence-electron chi connectivity index (χ4n) is 4.51. The Hall–Kier alpha value is -3.32. The van der Waals surface area contributed by atoms with Crippen molar-refractivity contribution in [1.82, 2.24) is 24.6 Å². The molecule has 0 unspecified atom stereocenters. The highest BCUT2D eigenvalue weighted by atomic mass is 32.1. The summed E-state index contributed by atoms with van der Waals surface area (Å²) < 4.78 is 2.12. The molecule has 1 saturated heterocycles. The Kier molecular flexibility index (Phi) is 4.42. The first-order chi connectivity index (χ1) is 15.3. The van der Waals surface area contributed by atoms with E-state index in [0.717, 1.165) is 59.3 Å². The summed E-state index contributed by atoms with van der Waals surface area (Å²) in [4.78, 5) is 14.3. The molecule has 7 heteroatoms. The van der Waals surface area contributed by atoms with Crippen molar-refractivity contribution >= 4 is 33.0 Å². The third-order valence-electron chi connectivity index (χ3n) is 5.97. The molecule has 154 valence electrons. The number of pyridine rings is 1. The number of aromatic nitrogens is 5. The van der Waals surface area contributed by atoms with Gasteiger partial charge in [0, 0.05) is 30.1 Å². The molecule has 0 bridgehead atoms. The van der Waals surface area contributed by atoms with Crippen LogP contribution >= 0.6 is 11.3 Å². The monoisotopic (exact) mass is 426 g/mol. The third kappa shape index (κ3) is 3.25. The van der Waals surface area contributed by atoms with Gasteiger partial charge in [0.1, 0.15) is 22.3 Å². The lowest BCUT2D eigenvalue weighted by molar-refractivity contribution is 0.486. The van der Waals surface area contributed by atoms with Crippen LogP contribution in [0, 0.1) is 6.92 Å². The summed E-state index contributed by atoms with van der Waals surface area (Å²) in [6.07, 6.45) is 4.27. The van der Waals surface area contributed by atoms with Gasteiger partial charge in [-0.3, -0.25) is 4.40 Å². The van der Waals surface area contributed by atoms with Gasteiger partial charge in [-0.15, -0.1) is 21.5 Å². The predicted octanol–water partition coefficient (Wildman–Crippen LogP) is 5.09. The number of aryl methyl sites for hydroxylation is 1. The van der Waals surface area contributed by atoms with Crippen molar-refractivity contribution in [2.75, 3.05) is 18.0 Å². The van der Waals surface area contributed by atoms with Crippen LogP contribution in [0.1, 0.15) is 30.4 Å². The SMILES string of the molecule is Cc1nc(N2CCC[C@@H](c3nnc4ccccn34)C2)c2cc(-c3ccccc3)sc2n1. The summed E-state index contributed by atoms with van der Waals surface area (Å²) in [5.74, 6) is 3.22. The number of anilines is 1. The van der Waals surface area contributed by atoms with Crippen molar-refractivity contribution in [2.45, 2.75) is 25.7 Å². The zero-order valence-corrected chi connectivity index (χ0v) is 18.1. The Balaban J connectivity index is 1.39. The lowest BCUT2D eigenvalue weighted by Gasteiger charge is -2.33. The van der Waals surface area contributed by atoms with Crippen LogP contribution in [0.5, 0.6) is 0 Å². The first-order valence-electron chi connectivity index (χ1n) is 10.6.